The summed E-state index contributed by atoms with van der Waals surface area (Å²) in [6.45, 7) is 4.35. The molecule has 9 nitrogen and oxygen atoms in total. The van der Waals surface area contributed by atoms with Gasteiger partial charge in [-0.05, 0) is 6.42 Å². The summed E-state index contributed by atoms with van der Waals surface area (Å²) in [5.74, 6) is -0.669. The Kier molecular flexibility index (Phi) is 4.62. The predicted octanol–water partition coefficient (Wildman–Crippen LogP) is 1.36. The van der Waals surface area contributed by atoms with Crippen molar-refractivity contribution in [2.45, 2.75) is 51.8 Å². The average molecular weight is 351 g/mol. The Morgan fingerprint density at radius 3 is 2.76 bits per heavy atom. The molecule has 0 spiro atoms. The van der Waals surface area contributed by atoms with Gasteiger partial charge in [-0.2, -0.15) is 0 Å². The second kappa shape index (κ2) is 6.71. The Balaban J connectivity index is 2.02. The van der Waals surface area contributed by atoms with Crippen LogP contribution in [0.15, 0.2) is 12.7 Å². The van der Waals surface area contributed by atoms with Gasteiger partial charge in [-0.1, -0.05) is 6.92 Å². The second-order valence-electron chi connectivity index (χ2n) is 5.72. The van der Waals surface area contributed by atoms with Gasteiger partial charge in [0.2, 0.25) is 5.91 Å². The number of amides is 1. The van der Waals surface area contributed by atoms with Crippen LogP contribution in [0.3, 0.4) is 0 Å². The Morgan fingerprint density at radius 2 is 2.12 bits per heavy atom. The first-order valence-corrected chi connectivity index (χ1v) is 7.84. The third-order valence-corrected chi connectivity index (χ3v) is 3.90. The highest BCUT2D eigenvalue weighted by Crippen LogP contribution is 2.37. The number of nitrogens with one attached hydrogen (secondary N) is 1. The average Bonchev–Trinajstić information content (AvgIpc) is 3.09. The Labute approximate surface area is 142 Å². The molecule has 1 amide bonds. The SMILES string of the molecule is CC[C@H]1O[C@@H](n2cnc3c(NC(C)=O)ncnc32)[C@@H](OC(C)=O)C1F. The van der Waals surface area contributed by atoms with Crippen molar-refractivity contribution >= 4 is 28.9 Å². The predicted molar refractivity (Wildman–Crippen MR) is 84.3 cm³/mol. The van der Waals surface area contributed by atoms with E-state index in [2.05, 4.69) is 20.3 Å². The van der Waals surface area contributed by atoms with Crippen LogP contribution < -0.4 is 5.32 Å². The molecule has 3 heterocycles. The van der Waals surface area contributed by atoms with Crippen molar-refractivity contribution in [1.82, 2.24) is 19.5 Å². The minimum Gasteiger partial charge on any atom is -0.454 e. The largest absolute Gasteiger partial charge is 0.454 e. The van der Waals surface area contributed by atoms with E-state index in [1.54, 1.807) is 6.92 Å². The minimum absolute atomic E-state index is 0.238. The molecule has 2 aromatic rings. The Bertz CT molecular complexity index is 810. The molecule has 4 atom stereocenters. The first-order chi connectivity index (χ1) is 11.9. The van der Waals surface area contributed by atoms with E-state index >= 15 is 0 Å². The zero-order chi connectivity index (χ0) is 18.1. The minimum atomic E-state index is -1.46. The van der Waals surface area contributed by atoms with E-state index in [0.717, 1.165) is 0 Å². The van der Waals surface area contributed by atoms with Crippen LogP contribution in [-0.4, -0.2) is 49.8 Å². The fourth-order valence-electron chi connectivity index (χ4n) is 2.86. The van der Waals surface area contributed by atoms with E-state index in [0.29, 0.717) is 17.6 Å². The molecule has 1 aliphatic heterocycles. The number of aromatic nitrogens is 4. The number of carbonyl (C=O) groups is 2. The van der Waals surface area contributed by atoms with E-state index in [1.165, 1.54) is 31.1 Å². The van der Waals surface area contributed by atoms with Gasteiger partial charge in [-0.15, -0.1) is 0 Å². The van der Waals surface area contributed by atoms with Crippen molar-refractivity contribution in [2.24, 2.45) is 0 Å². The topological polar surface area (TPSA) is 108 Å². The molecule has 1 aliphatic rings. The van der Waals surface area contributed by atoms with Crippen molar-refractivity contribution in [2.75, 3.05) is 5.32 Å². The molecule has 134 valence electrons. The number of halogens is 1. The summed E-state index contributed by atoms with van der Waals surface area (Å²) in [4.78, 5) is 34.9. The monoisotopic (exact) mass is 351 g/mol. The molecule has 1 saturated heterocycles. The molecule has 0 saturated carbocycles. The number of hydrogen-bond acceptors (Lipinski definition) is 7. The van der Waals surface area contributed by atoms with Gasteiger partial charge in [-0.25, -0.2) is 19.3 Å². The highest BCUT2D eigenvalue weighted by Gasteiger charge is 2.48. The van der Waals surface area contributed by atoms with Crippen LogP contribution in [0.1, 0.15) is 33.4 Å². The summed E-state index contributed by atoms with van der Waals surface area (Å²) in [7, 11) is 0. The molecule has 25 heavy (non-hydrogen) atoms. The highest BCUT2D eigenvalue weighted by molar-refractivity contribution is 5.95. The third-order valence-electron chi connectivity index (χ3n) is 3.90. The number of hydrogen-bond donors (Lipinski definition) is 1. The number of alkyl halides is 1. The molecule has 2 aromatic heterocycles. The van der Waals surface area contributed by atoms with Gasteiger partial charge in [-0.3, -0.25) is 14.2 Å². The fourth-order valence-corrected chi connectivity index (χ4v) is 2.86. The molecule has 1 N–H and O–H groups in total. The molecule has 10 heteroatoms. The summed E-state index contributed by atoms with van der Waals surface area (Å²) < 4.78 is 26.9. The first-order valence-electron chi connectivity index (χ1n) is 7.84. The van der Waals surface area contributed by atoms with Crippen LogP contribution in [0.25, 0.3) is 11.2 Å². The zero-order valence-corrected chi connectivity index (χ0v) is 14.0. The number of carbonyl (C=O) groups excluding carboxylic acids is 2. The molecule has 0 aromatic carbocycles. The van der Waals surface area contributed by atoms with Crippen LogP contribution in [0, 0.1) is 0 Å². The fraction of sp³-hybridized carbons (Fsp3) is 0.533. The van der Waals surface area contributed by atoms with Crippen LogP contribution in [0.2, 0.25) is 0 Å². The summed E-state index contributed by atoms with van der Waals surface area (Å²) in [5, 5.41) is 2.56. The lowest BCUT2D eigenvalue weighted by Crippen LogP contribution is -2.32. The molecular weight excluding hydrogens is 333 g/mol. The maximum atomic E-state index is 14.6. The van der Waals surface area contributed by atoms with Gasteiger partial charge >= 0.3 is 5.97 Å². The standard InChI is InChI=1S/C15H18FN5O4/c1-4-9-10(16)12(24-8(3)23)15(25-9)21-6-19-11-13(20-7(2)22)17-5-18-14(11)21/h5-6,9-10,12,15H,4H2,1-3H3,(H,17,18,20,22)/t9-,10?,12+,15-/m1/s1. The Hall–Kier alpha value is -2.62. The Morgan fingerprint density at radius 1 is 1.36 bits per heavy atom. The smallest absolute Gasteiger partial charge is 0.303 e. The van der Waals surface area contributed by atoms with Crippen molar-refractivity contribution in [3.8, 4) is 0 Å². The summed E-state index contributed by atoms with van der Waals surface area (Å²) in [5.41, 5.74) is 0.670. The molecule has 1 unspecified atom stereocenters. The lowest BCUT2D eigenvalue weighted by atomic mass is 10.1. The quantitative estimate of drug-likeness (QED) is 0.829. The van der Waals surface area contributed by atoms with Crippen LogP contribution in [-0.2, 0) is 19.1 Å². The van der Waals surface area contributed by atoms with E-state index < -0.39 is 30.6 Å². The lowest BCUT2D eigenvalue weighted by molar-refractivity contribution is -0.154. The second-order valence-corrected chi connectivity index (χ2v) is 5.72. The molecule has 0 aliphatic carbocycles. The number of esters is 1. The van der Waals surface area contributed by atoms with E-state index in [1.807, 2.05) is 0 Å². The maximum absolute atomic E-state index is 14.6. The van der Waals surface area contributed by atoms with Crippen molar-refractivity contribution in [3.63, 3.8) is 0 Å². The van der Waals surface area contributed by atoms with Crippen molar-refractivity contribution in [3.05, 3.63) is 12.7 Å². The number of anilines is 1. The zero-order valence-electron chi connectivity index (χ0n) is 14.0. The number of nitrogens with zero attached hydrogens (tertiary/aromatic N) is 4. The van der Waals surface area contributed by atoms with E-state index in [-0.39, 0.29) is 11.7 Å². The molecule has 1 fully saturated rings. The van der Waals surface area contributed by atoms with Crippen molar-refractivity contribution < 1.29 is 23.5 Å². The van der Waals surface area contributed by atoms with Gasteiger partial charge in [0.15, 0.2) is 35.5 Å². The summed E-state index contributed by atoms with van der Waals surface area (Å²) in [6.07, 6.45) is -1.11. The normalized spacial score (nSPS) is 25.9. The van der Waals surface area contributed by atoms with Crippen LogP contribution in [0.5, 0.6) is 0 Å². The van der Waals surface area contributed by atoms with Gasteiger partial charge < -0.3 is 14.8 Å². The van der Waals surface area contributed by atoms with Crippen molar-refractivity contribution in [1.29, 1.82) is 0 Å². The third kappa shape index (κ3) is 3.16. The molecule has 0 radical (unpaired) electrons. The van der Waals surface area contributed by atoms with Gasteiger partial charge in [0.05, 0.1) is 12.4 Å². The number of ether oxygens (including phenoxy) is 2. The van der Waals surface area contributed by atoms with E-state index in [9.17, 15) is 14.0 Å². The molecule has 0 bridgehead atoms. The number of imidazole rings is 1. The van der Waals surface area contributed by atoms with Crippen LogP contribution in [0.4, 0.5) is 10.2 Å². The molecular formula is C15H18FN5O4. The lowest BCUT2D eigenvalue weighted by Gasteiger charge is -2.20. The van der Waals surface area contributed by atoms with Crippen LogP contribution >= 0.6 is 0 Å². The maximum Gasteiger partial charge on any atom is 0.303 e. The molecule has 3 rings (SSSR count). The summed E-state index contributed by atoms with van der Waals surface area (Å²) in [6, 6.07) is 0. The summed E-state index contributed by atoms with van der Waals surface area (Å²) >= 11 is 0. The van der Waals surface area contributed by atoms with E-state index in [4.69, 9.17) is 9.47 Å². The van der Waals surface area contributed by atoms with Gasteiger partial charge in [0, 0.05) is 13.8 Å². The first kappa shape index (κ1) is 17.2. The van der Waals surface area contributed by atoms with Gasteiger partial charge in [0.1, 0.15) is 6.33 Å². The number of rotatable bonds is 4. The highest BCUT2D eigenvalue weighted by atomic mass is 19.1. The van der Waals surface area contributed by atoms with Gasteiger partial charge in [0.25, 0.3) is 0 Å². The number of fused-ring (bicyclic) bond motifs is 1.